The zero-order chi connectivity index (χ0) is 14.6. The molecule has 0 bridgehead atoms. The second-order valence-corrected chi connectivity index (χ2v) is 5.73. The number of rotatable bonds is 5. The third kappa shape index (κ3) is 3.38. The van der Waals surface area contributed by atoms with Crippen LogP contribution in [0, 0.1) is 13.8 Å². The van der Waals surface area contributed by atoms with E-state index in [-0.39, 0.29) is 11.4 Å². The third-order valence-corrected chi connectivity index (χ3v) is 4.11. The SMILES string of the molecule is COCC1(CNC(=O)c2ccc(C)c(C)c2)CCCN1. The number of nitrogens with one attached hydrogen (secondary N) is 2. The van der Waals surface area contributed by atoms with E-state index in [1.165, 1.54) is 5.56 Å². The van der Waals surface area contributed by atoms with Gasteiger partial charge < -0.3 is 15.4 Å². The molecule has 1 fully saturated rings. The van der Waals surface area contributed by atoms with Gasteiger partial charge in [-0.05, 0) is 56.5 Å². The van der Waals surface area contributed by atoms with Gasteiger partial charge in [0.2, 0.25) is 0 Å². The fourth-order valence-corrected chi connectivity index (χ4v) is 2.70. The van der Waals surface area contributed by atoms with Gasteiger partial charge in [-0.1, -0.05) is 6.07 Å². The van der Waals surface area contributed by atoms with E-state index in [0.29, 0.717) is 13.2 Å². The molecule has 1 heterocycles. The minimum absolute atomic E-state index is 0.0164. The quantitative estimate of drug-likeness (QED) is 0.862. The van der Waals surface area contributed by atoms with Crippen molar-refractivity contribution in [2.24, 2.45) is 0 Å². The molecule has 0 spiro atoms. The molecule has 0 saturated carbocycles. The monoisotopic (exact) mass is 276 g/mol. The first-order valence-corrected chi connectivity index (χ1v) is 7.16. The summed E-state index contributed by atoms with van der Waals surface area (Å²) in [5.41, 5.74) is 2.96. The Kier molecular flexibility index (Phi) is 4.78. The fourth-order valence-electron chi connectivity index (χ4n) is 2.70. The summed E-state index contributed by atoms with van der Waals surface area (Å²) in [5.74, 6) is -0.0164. The predicted molar refractivity (Wildman–Crippen MR) is 80.1 cm³/mol. The number of carbonyl (C=O) groups excluding carboxylic acids is 1. The van der Waals surface area contributed by atoms with Crippen molar-refractivity contribution in [1.29, 1.82) is 0 Å². The molecule has 0 radical (unpaired) electrons. The van der Waals surface area contributed by atoms with E-state index >= 15 is 0 Å². The number of methoxy groups -OCH3 is 1. The van der Waals surface area contributed by atoms with Crippen LogP contribution in [0.25, 0.3) is 0 Å². The van der Waals surface area contributed by atoms with E-state index in [4.69, 9.17) is 4.74 Å². The lowest BCUT2D eigenvalue weighted by molar-refractivity contribution is 0.0892. The van der Waals surface area contributed by atoms with Crippen LogP contribution in [0.2, 0.25) is 0 Å². The Morgan fingerprint density at radius 3 is 2.80 bits per heavy atom. The van der Waals surface area contributed by atoms with E-state index in [2.05, 4.69) is 10.6 Å². The smallest absolute Gasteiger partial charge is 0.251 e. The van der Waals surface area contributed by atoms with Crippen molar-refractivity contribution in [2.75, 3.05) is 26.8 Å². The van der Waals surface area contributed by atoms with E-state index in [9.17, 15) is 4.79 Å². The molecule has 4 heteroatoms. The first-order chi connectivity index (χ1) is 9.56. The van der Waals surface area contributed by atoms with Crippen molar-refractivity contribution in [3.05, 3.63) is 34.9 Å². The van der Waals surface area contributed by atoms with Crippen LogP contribution < -0.4 is 10.6 Å². The summed E-state index contributed by atoms with van der Waals surface area (Å²) in [4.78, 5) is 12.2. The molecule has 0 aliphatic carbocycles. The lowest BCUT2D eigenvalue weighted by Gasteiger charge is -2.29. The van der Waals surface area contributed by atoms with Crippen molar-refractivity contribution >= 4 is 5.91 Å². The van der Waals surface area contributed by atoms with Crippen LogP contribution in [0.3, 0.4) is 0 Å². The number of benzene rings is 1. The third-order valence-electron chi connectivity index (χ3n) is 4.11. The normalized spacial score (nSPS) is 21.9. The molecule has 1 aromatic rings. The first kappa shape index (κ1) is 15.0. The summed E-state index contributed by atoms with van der Waals surface area (Å²) in [6.07, 6.45) is 2.16. The first-order valence-electron chi connectivity index (χ1n) is 7.16. The van der Waals surface area contributed by atoms with Gasteiger partial charge in [0.25, 0.3) is 5.91 Å². The molecular weight excluding hydrogens is 252 g/mol. The van der Waals surface area contributed by atoms with E-state index in [1.54, 1.807) is 7.11 Å². The minimum atomic E-state index is -0.107. The van der Waals surface area contributed by atoms with Gasteiger partial charge in [-0.3, -0.25) is 4.79 Å². The molecule has 1 aliphatic rings. The van der Waals surface area contributed by atoms with Crippen molar-refractivity contribution in [2.45, 2.75) is 32.2 Å². The zero-order valence-electron chi connectivity index (χ0n) is 12.6. The van der Waals surface area contributed by atoms with Crippen LogP contribution in [0.1, 0.15) is 34.3 Å². The summed E-state index contributed by atoms with van der Waals surface area (Å²) in [6, 6.07) is 5.81. The van der Waals surface area contributed by atoms with Crippen LogP contribution in [0.4, 0.5) is 0 Å². The topological polar surface area (TPSA) is 50.4 Å². The molecule has 20 heavy (non-hydrogen) atoms. The molecule has 2 rings (SSSR count). The largest absolute Gasteiger partial charge is 0.383 e. The molecule has 4 nitrogen and oxygen atoms in total. The van der Waals surface area contributed by atoms with Crippen LogP contribution in [-0.4, -0.2) is 38.3 Å². The second kappa shape index (κ2) is 6.37. The predicted octanol–water partition coefficient (Wildman–Crippen LogP) is 1.80. The standard InChI is InChI=1S/C16H24N2O2/c1-12-5-6-14(9-13(12)2)15(19)17-10-16(11-20-3)7-4-8-18-16/h5-6,9,18H,4,7-8,10-11H2,1-3H3,(H,17,19). The van der Waals surface area contributed by atoms with Gasteiger partial charge >= 0.3 is 0 Å². The highest BCUT2D eigenvalue weighted by Gasteiger charge is 2.33. The second-order valence-electron chi connectivity index (χ2n) is 5.73. The van der Waals surface area contributed by atoms with Crippen LogP contribution >= 0.6 is 0 Å². The van der Waals surface area contributed by atoms with Gasteiger partial charge in [-0.15, -0.1) is 0 Å². The summed E-state index contributed by atoms with van der Waals surface area (Å²) < 4.78 is 5.29. The molecule has 1 unspecified atom stereocenters. The Morgan fingerprint density at radius 1 is 1.40 bits per heavy atom. The van der Waals surface area contributed by atoms with E-state index in [0.717, 1.165) is 30.5 Å². The number of hydrogen-bond donors (Lipinski definition) is 2. The number of aryl methyl sites for hydroxylation is 2. The Hall–Kier alpha value is -1.39. The molecule has 1 saturated heterocycles. The fraction of sp³-hybridized carbons (Fsp3) is 0.562. The summed E-state index contributed by atoms with van der Waals surface area (Å²) in [5, 5.41) is 6.49. The summed E-state index contributed by atoms with van der Waals surface area (Å²) >= 11 is 0. The minimum Gasteiger partial charge on any atom is -0.383 e. The van der Waals surface area contributed by atoms with Crippen molar-refractivity contribution in [1.82, 2.24) is 10.6 Å². The maximum atomic E-state index is 12.2. The molecule has 2 N–H and O–H groups in total. The average molecular weight is 276 g/mol. The van der Waals surface area contributed by atoms with E-state index < -0.39 is 0 Å². The van der Waals surface area contributed by atoms with Crippen molar-refractivity contribution < 1.29 is 9.53 Å². The Bertz CT molecular complexity index is 479. The van der Waals surface area contributed by atoms with E-state index in [1.807, 2.05) is 32.0 Å². The molecule has 1 amide bonds. The highest BCUT2D eigenvalue weighted by atomic mass is 16.5. The summed E-state index contributed by atoms with van der Waals surface area (Å²) in [7, 11) is 1.70. The van der Waals surface area contributed by atoms with Crippen molar-refractivity contribution in [3.8, 4) is 0 Å². The average Bonchev–Trinajstić information content (AvgIpc) is 2.89. The summed E-state index contributed by atoms with van der Waals surface area (Å²) in [6.45, 7) is 6.29. The van der Waals surface area contributed by atoms with Crippen LogP contribution in [0.15, 0.2) is 18.2 Å². The molecule has 1 aliphatic heterocycles. The van der Waals surface area contributed by atoms with Crippen LogP contribution in [-0.2, 0) is 4.74 Å². The molecule has 110 valence electrons. The van der Waals surface area contributed by atoms with Crippen LogP contribution in [0.5, 0.6) is 0 Å². The Morgan fingerprint density at radius 2 is 2.20 bits per heavy atom. The molecule has 0 aromatic heterocycles. The molecular formula is C16H24N2O2. The molecule has 1 atom stereocenters. The number of amides is 1. The lowest BCUT2D eigenvalue weighted by Crippen LogP contribution is -2.53. The number of hydrogen-bond acceptors (Lipinski definition) is 3. The Labute approximate surface area is 120 Å². The number of carbonyl (C=O) groups is 1. The van der Waals surface area contributed by atoms with Gasteiger partial charge in [0.15, 0.2) is 0 Å². The highest BCUT2D eigenvalue weighted by Crippen LogP contribution is 2.19. The van der Waals surface area contributed by atoms with Gasteiger partial charge in [-0.25, -0.2) is 0 Å². The zero-order valence-corrected chi connectivity index (χ0v) is 12.6. The van der Waals surface area contributed by atoms with Gasteiger partial charge in [0.05, 0.1) is 12.1 Å². The van der Waals surface area contributed by atoms with Gasteiger partial charge in [0, 0.05) is 19.2 Å². The number of ether oxygens (including phenoxy) is 1. The maximum Gasteiger partial charge on any atom is 0.251 e. The van der Waals surface area contributed by atoms with Crippen molar-refractivity contribution in [3.63, 3.8) is 0 Å². The lowest BCUT2D eigenvalue weighted by atomic mass is 9.98. The molecule has 1 aromatic carbocycles. The van der Waals surface area contributed by atoms with Gasteiger partial charge in [-0.2, -0.15) is 0 Å². The Balaban J connectivity index is 1.98. The highest BCUT2D eigenvalue weighted by molar-refractivity contribution is 5.94. The van der Waals surface area contributed by atoms with Gasteiger partial charge in [0.1, 0.15) is 0 Å². The maximum absolute atomic E-state index is 12.2.